The van der Waals surface area contributed by atoms with E-state index in [4.69, 9.17) is 26.5 Å². The summed E-state index contributed by atoms with van der Waals surface area (Å²) in [4.78, 5) is 10.5. The second kappa shape index (κ2) is 7.85. The normalized spacial score (nSPS) is 15.0. The molecule has 0 bridgehead atoms. The van der Waals surface area contributed by atoms with E-state index in [0.29, 0.717) is 33.4 Å². The zero-order valence-corrected chi connectivity index (χ0v) is 17.5. The minimum absolute atomic E-state index is 0.0203. The van der Waals surface area contributed by atoms with Gasteiger partial charge in [0.25, 0.3) is 5.69 Å². The van der Waals surface area contributed by atoms with E-state index in [0.717, 1.165) is 5.56 Å². The van der Waals surface area contributed by atoms with Crippen LogP contribution in [0.25, 0.3) is 22.6 Å². The summed E-state index contributed by atoms with van der Waals surface area (Å²) in [5.74, 6) is 0.450. The first-order chi connectivity index (χ1) is 16.0. The molecule has 1 atom stereocenters. The Balaban J connectivity index is 1.61. The van der Waals surface area contributed by atoms with Crippen LogP contribution in [0.15, 0.2) is 76.5 Å². The maximum absolute atomic E-state index is 10.9. The average Bonchev–Trinajstić information content (AvgIpc) is 3.46. The Hall–Kier alpha value is -4.55. The number of aromatic amines is 1. The molecule has 0 spiro atoms. The van der Waals surface area contributed by atoms with Gasteiger partial charge in [0.15, 0.2) is 0 Å². The van der Waals surface area contributed by atoms with Gasteiger partial charge in [0.05, 0.1) is 22.1 Å². The number of hydrogen-bond donors (Lipinski definition) is 2. The third-order valence-electron chi connectivity index (χ3n) is 5.35. The molecule has 3 heterocycles. The van der Waals surface area contributed by atoms with E-state index in [1.54, 1.807) is 36.4 Å². The first-order valence-electron chi connectivity index (χ1n) is 9.72. The van der Waals surface area contributed by atoms with Crippen molar-refractivity contribution in [2.24, 2.45) is 5.73 Å². The molecule has 3 N–H and O–H groups in total. The average molecular weight is 460 g/mol. The topological polar surface area (TPSA) is 144 Å². The zero-order chi connectivity index (χ0) is 23.1. The number of benzene rings is 2. The number of H-pyrrole nitrogens is 1. The Kier molecular flexibility index (Phi) is 4.84. The molecule has 162 valence electrons. The number of nitrogens with one attached hydrogen (secondary N) is 1. The van der Waals surface area contributed by atoms with Crippen molar-refractivity contribution in [3.63, 3.8) is 0 Å². The molecule has 0 amide bonds. The van der Waals surface area contributed by atoms with Gasteiger partial charge >= 0.3 is 0 Å². The summed E-state index contributed by atoms with van der Waals surface area (Å²) in [7, 11) is 0. The van der Waals surface area contributed by atoms with Gasteiger partial charge in [-0.25, -0.2) is 0 Å². The fraction of sp³-hybridized carbons (Fsp3) is 0.0435. The summed E-state index contributed by atoms with van der Waals surface area (Å²) in [6, 6.07) is 18.7. The molecular weight excluding hydrogens is 446 g/mol. The summed E-state index contributed by atoms with van der Waals surface area (Å²) in [5, 5.41) is 28.5. The number of ether oxygens (including phenoxy) is 1. The van der Waals surface area contributed by atoms with E-state index in [1.807, 2.05) is 12.1 Å². The SMILES string of the molecule is N#CC1=C(N)Oc2n[nH]c(-c3ccc(Cl)cc3)c2[C@H]1c1ccc(-c2ccc([N+](=O)[O-])cc2)o1. The van der Waals surface area contributed by atoms with Crippen LogP contribution in [-0.4, -0.2) is 15.1 Å². The zero-order valence-electron chi connectivity index (χ0n) is 16.8. The molecule has 1 aliphatic rings. The highest BCUT2D eigenvalue weighted by Gasteiger charge is 2.37. The molecule has 0 saturated heterocycles. The minimum Gasteiger partial charge on any atom is -0.460 e. The third-order valence-corrected chi connectivity index (χ3v) is 5.60. The Morgan fingerprint density at radius 3 is 2.45 bits per heavy atom. The summed E-state index contributed by atoms with van der Waals surface area (Å²) >= 11 is 6.02. The lowest BCUT2D eigenvalue weighted by Gasteiger charge is -2.22. The van der Waals surface area contributed by atoms with Crippen LogP contribution >= 0.6 is 11.6 Å². The van der Waals surface area contributed by atoms with Gasteiger partial charge in [-0.05, 0) is 36.4 Å². The van der Waals surface area contributed by atoms with Crippen molar-refractivity contribution in [1.29, 1.82) is 5.26 Å². The van der Waals surface area contributed by atoms with Gasteiger partial charge < -0.3 is 14.9 Å². The number of hydrogen-bond acceptors (Lipinski definition) is 7. The number of fused-ring (bicyclic) bond motifs is 1. The largest absolute Gasteiger partial charge is 0.460 e. The smallest absolute Gasteiger partial charge is 0.269 e. The van der Waals surface area contributed by atoms with Crippen molar-refractivity contribution in [1.82, 2.24) is 10.2 Å². The molecule has 0 radical (unpaired) electrons. The van der Waals surface area contributed by atoms with E-state index in [-0.39, 0.29) is 23.0 Å². The Morgan fingerprint density at radius 2 is 1.79 bits per heavy atom. The quantitative estimate of drug-likeness (QED) is 0.318. The van der Waals surface area contributed by atoms with Crippen LogP contribution in [0.4, 0.5) is 5.69 Å². The predicted molar refractivity (Wildman–Crippen MR) is 119 cm³/mol. The molecule has 2 aromatic carbocycles. The summed E-state index contributed by atoms with van der Waals surface area (Å²) in [5.41, 5.74) is 8.87. The van der Waals surface area contributed by atoms with Crippen molar-refractivity contribution >= 4 is 17.3 Å². The minimum atomic E-state index is -0.671. The van der Waals surface area contributed by atoms with Crippen LogP contribution in [0, 0.1) is 21.4 Å². The number of aromatic nitrogens is 2. The van der Waals surface area contributed by atoms with Gasteiger partial charge in [0.2, 0.25) is 11.8 Å². The molecule has 0 aliphatic carbocycles. The molecular formula is C23H14ClN5O4. The van der Waals surface area contributed by atoms with Crippen molar-refractivity contribution in [2.45, 2.75) is 5.92 Å². The number of allylic oxidation sites excluding steroid dienone is 1. The van der Waals surface area contributed by atoms with E-state index < -0.39 is 10.8 Å². The van der Waals surface area contributed by atoms with Gasteiger partial charge in [0, 0.05) is 28.3 Å². The first kappa shape index (κ1) is 20.4. The lowest BCUT2D eigenvalue weighted by molar-refractivity contribution is -0.384. The maximum atomic E-state index is 10.9. The van der Waals surface area contributed by atoms with Crippen molar-refractivity contribution in [3.8, 4) is 34.5 Å². The number of non-ortho nitro benzene ring substituents is 1. The summed E-state index contributed by atoms with van der Waals surface area (Å²) in [6.45, 7) is 0. The second-order valence-corrected chi connectivity index (χ2v) is 7.69. The van der Waals surface area contributed by atoms with Crippen LogP contribution in [0.2, 0.25) is 5.02 Å². The fourth-order valence-electron chi connectivity index (χ4n) is 3.78. The van der Waals surface area contributed by atoms with E-state index in [1.165, 1.54) is 12.1 Å². The van der Waals surface area contributed by atoms with Crippen LogP contribution in [0.1, 0.15) is 17.2 Å². The van der Waals surface area contributed by atoms with E-state index >= 15 is 0 Å². The monoisotopic (exact) mass is 459 g/mol. The number of nitriles is 1. The number of nitro groups is 1. The van der Waals surface area contributed by atoms with Gasteiger partial charge in [0.1, 0.15) is 23.2 Å². The number of furan rings is 1. The van der Waals surface area contributed by atoms with Gasteiger partial charge in [-0.1, -0.05) is 23.7 Å². The highest BCUT2D eigenvalue weighted by Crippen LogP contribution is 2.46. The first-order valence-corrected chi connectivity index (χ1v) is 10.1. The summed E-state index contributed by atoms with van der Waals surface area (Å²) in [6.07, 6.45) is 0. The molecule has 4 aromatic rings. The molecule has 0 saturated carbocycles. The molecule has 1 aliphatic heterocycles. The molecule has 33 heavy (non-hydrogen) atoms. The lowest BCUT2D eigenvalue weighted by atomic mass is 9.86. The molecule has 2 aromatic heterocycles. The summed E-state index contributed by atoms with van der Waals surface area (Å²) < 4.78 is 11.7. The molecule has 0 fully saturated rings. The van der Waals surface area contributed by atoms with Crippen molar-refractivity contribution in [3.05, 3.63) is 98.6 Å². The number of rotatable bonds is 4. The van der Waals surface area contributed by atoms with E-state index in [2.05, 4.69) is 16.3 Å². The van der Waals surface area contributed by atoms with Gasteiger partial charge in [-0.3, -0.25) is 15.2 Å². The molecule has 5 rings (SSSR count). The lowest BCUT2D eigenvalue weighted by Crippen LogP contribution is -2.20. The van der Waals surface area contributed by atoms with Crippen molar-refractivity contribution < 1.29 is 14.1 Å². The van der Waals surface area contributed by atoms with Crippen LogP contribution in [0.3, 0.4) is 0 Å². The van der Waals surface area contributed by atoms with Crippen LogP contribution in [-0.2, 0) is 0 Å². The van der Waals surface area contributed by atoms with Crippen LogP contribution in [0.5, 0.6) is 5.88 Å². The number of nitro benzene ring substituents is 1. The second-order valence-electron chi connectivity index (χ2n) is 7.26. The maximum Gasteiger partial charge on any atom is 0.269 e. The highest BCUT2D eigenvalue weighted by molar-refractivity contribution is 6.30. The number of halogens is 1. The predicted octanol–water partition coefficient (Wildman–Crippen LogP) is 5.12. The highest BCUT2D eigenvalue weighted by atomic mass is 35.5. The Morgan fingerprint density at radius 1 is 1.09 bits per heavy atom. The Labute approximate surface area is 191 Å². The fourth-order valence-corrected chi connectivity index (χ4v) is 3.90. The molecule has 9 nitrogen and oxygen atoms in total. The van der Waals surface area contributed by atoms with E-state index in [9.17, 15) is 15.4 Å². The number of nitrogens with zero attached hydrogens (tertiary/aromatic N) is 3. The van der Waals surface area contributed by atoms with Gasteiger partial charge in [-0.2, -0.15) is 5.26 Å². The van der Waals surface area contributed by atoms with Crippen molar-refractivity contribution in [2.75, 3.05) is 0 Å². The van der Waals surface area contributed by atoms with Crippen LogP contribution < -0.4 is 10.5 Å². The molecule has 0 unspecified atom stereocenters. The van der Waals surface area contributed by atoms with Gasteiger partial charge in [-0.15, -0.1) is 5.10 Å². The number of nitrogens with two attached hydrogens (primary N) is 1. The standard InChI is InChI=1S/C23H14ClN5O4/c24-14-5-1-13(2-6-14)21-20-19(16(11-25)22(26)33-23(20)28-27-21)18-10-9-17(32-18)12-3-7-15(8-4-12)29(30)31/h1-10,19H,26H2,(H,27,28)/t19-/m1/s1. The third kappa shape index (κ3) is 3.48. The Bertz CT molecular complexity index is 1450. The molecule has 10 heteroatoms.